The highest BCUT2D eigenvalue weighted by atomic mass is 16.5. The van der Waals surface area contributed by atoms with E-state index >= 15 is 0 Å². The Labute approximate surface area is 117 Å². The Hall–Kier alpha value is -1.88. The normalized spacial score (nSPS) is 18.6. The Kier molecular flexibility index (Phi) is 3.69. The van der Waals surface area contributed by atoms with Gasteiger partial charge in [0.15, 0.2) is 0 Å². The van der Waals surface area contributed by atoms with Crippen molar-refractivity contribution in [3.8, 4) is 0 Å². The first-order valence-corrected chi connectivity index (χ1v) is 7.04. The van der Waals surface area contributed by atoms with Gasteiger partial charge in [0.05, 0.1) is 17.3 Å². The molecule has 20 heavy (non-hydrogen) atoms. The van der Waals surface area contributed by atoms with Crippen LogP contribution in [0.25, 0.3) is 10.9 Å². The minimum atomic E-state index is -0.0197. The molecular formula is C15H19N3O2. The predicted molar refractivity (Wildman–Crippen MR) is 76.5 cm³/mol. The van der Waals surface area contributed by atoms with Crippen LogP contribution in [0.1, 0.15) is 18.5 Å². The summed E-state index contributed by atoms with van der Waals surface area (Å²) in [5.74, 6) is -0.0197. The summed E-state index contributed by atoms with van der Waals surface area (Å²) in [6, 6.07) is 7.96. The van der Waals surface area contributed by atoms with Gasteiger partial charge >= 0.3 is 0 Å². The van der Waals surface area contributed by atoms with E-state index in [0.29, 0.717) is 6.54 Å². The summed E-state index contributed by atoms with van der Waals surface area (Å²) < 4.78 is 7.25. The maximum Gasteiger partial charge on any atom is 0.241 e. The summed E-state index contributed by atoms with van der Waals surface area (Å²) in [4.78, 5) is 12.0. The second-order valence-electron chi connectivity index (χ2n) is 5.20. The largest absolute Gasteiger partial charge is 0.376 e. The highest BCUT2D eigenvalue weighted by Gasteiger charge is 2.16. The average Bonchev–Trinajstić information content (AvgIpc) is 3.07. The van der Waals surface area contributed by atoms with Crippen LogP contribution in [-0.4, -0.2) is 34.9 Å². The third-order valence-corrected chi connectivity index (χ3v) is 3.69. The van der Waals surface area contributed by atoms with E-state index in [4.69, 9.17) is 4.74 Å². The van der Waals surface area contributed by atoms with Gasteiger partial charge in [0.1, 0.15) is 6.54 Å². The van der Waals surface area contributed by atoms with Crippen LogP contribution in [0.3, 0.4) is 0 Å². The Morgan fingerprint density at radius 3 is 3.15 bits per heavy atom. The van der Waals surface area contributed by atoms with Crippen molar-refractivity contribution in [2.24, 2.45) is 0 Å². The zero-order chi connectivity index (χ0) is 13.9. The lowest BCUT2D eigenvalue weighted by Crippen LogP contribution is -2.34. The Balaban J connectivity index is 1.65. The third kappa shape index (κ3) is 2.67. The monoisotopic (exact) mass is 273 g/mol. The summed E-state index contributed by atoms with van der Waals surface area (Å²) in [5.41, 5.74) is 1.95. The van der Waals surface area contributed by atoms with Crippen LogP contribution in [-0.2, 0) is 16.1 Å². The highest BCUT2D eigenvalue weighted by Crippen LogP contribution is 2.17. The Morgan fingerprint density at radius 1 is 1.50 bits per heavy atom. The van der Waals surface area contributed by atoms with Crippen molar-refractivity contribution in [2.75, 3.05) is 13.2 Å². The van der Waals surface area contributed by atoms with E-state index in [1.54, 1.807) is 4.68 Å². The molecule has 1 saturated heterocycles. The number of fused-ring (bicyclic) bond motifs is 1. The quantitative estimate of drug-likeness (QED) is 0.921. The molecule has 1 amide bonds. The molecule has 0 saturated carbocycles. The molecule has 5 nitrogen and oxygen atoms in total. The number of aryl methyl sites for hydroxylation is 1. The van der Waals surface area contributed by atoms with E-state index in [0.717, 1.165) is 36.0 Å². The first-order valence-electron chi connectivity index (χ1n) is 7.04. The van der Waals surface area contributed by atoms with Gasteiger partial charge in [-0.15, -0.1) is 0 Å². The van der Waals surface area contributed by atoms with Gasteiger partial charge in [0.2, 0.25) is 5.91 Å². The molecule has 0 aliphatic carbocycles. The van der Waals surface area contributed by atoms with Crippen molar-refractivity contribution in [1.82, 2.24) is 15.1 Å². The van der Waals surface area contributed by atoms with Crippen LogP contribution < -0.4 is 5.32 Å². The van der Waals surface area contributed by atoms with Gasteiger partial charge in [0.25, 0.3) is 0 Å². The molecule has 5 heteroatoms. The molecule has 1 N–H and O–H groups in total. The molecule has 1 aromatic carbocycles. The van der Waals surface area contributed by atoms with Crippen molar-refractivity contribution < 1.29 is 9.53 Å². The van der Waals surface area contributed by atoms with E-state index < -0.39 is 0 Å². The molecule has 3 rings (SSSR count). The van der Waals surface area contributed by atoms with Crippen LogP contribution >= 0.6 is 0 Å². The maximum atomic E-state index is 12.0. The number of para-hydroxylation sites is 1. The van der Waals surface area contributed by atoms with Crippen LogP contribution in [0.5, 0.6) is 0 Å². The molecule has 1 atom stereocenters. The molecule has 1 fully saturated rings. The number of carbonyl (C=O) groups is 1. The number of aromatic nitrogens is 2. The van der Waals surface area contributed by atoms with Gasteiger partial charge in [-0.25, -0.2) is 0 Å². The summed E-state index contributed by atoms with van der Waals surface area (Å²) in [7, 11) is 0. The first-order chi connectivity index (χ1) is 9.74. The maximum absolute atomic E-state index is 12.0. The lowest BCUT2D eigenvalue weighted by atomic mass is 10.2. The SMILES string of the molecule is Cc1nn(CC(=O)NCC2CCCO2)c2ccccc12. The number of nitrogens with zero attached hydrogens (tertiary/aromatic N) is 2. The van der Waals surface area contributed by atoms with Crippen LogP contribution in [0, 0.1) is 6.92 Å². The van der Waals surface area contributed by atoms with Gasteiger partial charge in [-0.05, 0) is 25.8 Å². The van der Waals surface area contributed by atoms with Crippen molar-refractivity contribution in [3.63, 3.8) is 0 Å². The van der Waals surface area contributed by atoms with Gasteiger partial charge in [-0.3, -0.25) is 9.48 Å². The summed E-state index contributed by atoms with van der Waals surface area (Å²) in [6.07, 6.45) is 2.29. The number of carbonyl (C=O) groups excluding carboxylic acids is 1. The zero-order valence-corrected chi connectivity index (χ0v) is 11.6. The minimum Gasteiger partial charge on any atom is -0.376 e. The Bertz CT molecular complexity index is 615. The average molecular weight is 273 g/mol. The van der Waals surface area contributed by atoms with Gasteiger partial charge in [0, 0.05) is 18.5 Å². The van der Waals surface area contributed by atoms with Crippen molar-refractivity contribution in [1.29, 1.82) is 0 Å². The summed E-state index contributed by atoms with van der Waals surface area (Å²) in [5, 5.41) is 8.45. The summed E-state index contributed by atoms with van der Waals surface area (Å²) in [6.45, 7) is 3.62. The smallest absolute Gasteiger partial charge is 0.241 e. The van der Waals surface area contributed by atoms with E-state index in [2.05, 4.69) is 10.4 Å². The number of nitrogens with one attached hydrogen (secondary N) is 1. The number of amides is 1. The second-order valence-corrected chi connectivity index (χ2v) is 5.20. The molecule has 1 unspecified atom stereocenters. The first kappa shape index (κ1) is 13.1. The van der Waals surface area contributed by atoms with Crippen LogP contribution in [0.2, 0.25) is 0 Å². The zero-order valence-electron chi connectivity index (χ0n) is 11.6. The lowest BCUT2D eigenvalue weighted by Gasteiger charge is -2.11. The molecule has 106 valence electrons. The molecule has 0 spiro atoms. The highest BCUT2D eigenvalue weighted by molar-refractivity contribution is 5.84. The predicted octanol–water partition coefficient (Wildman–Crippen LogP) is 1.64. The van der Waals surface area contributed by atoms with E-state index in [1.807, 2.05) is 31.2 Å². The number of hydrogen-bond donors (Lipinski definition) is 1. The van der Waals surface area contributed by atoms with Crippen molar-refractivity contribution in [2.45, 2.75) is 32.4 Å². The molecule has 0 bridgehead atoms. The number of hydrogen-bond acceptors (Lipinski definition) is 3. The number of ether oxygens (including phenoxy) is 1. The molecule has 2 aromatic rings. The lowest BCUT2D eigenvalue weighted by molar-refractivity contribution is -0.122. The number of benzene rings is 1. The topological polar surface area (TPSA) is 56.2 Å². The van der Waals surface area contributed by atoms with E-state index in [9.17, 15) is 4.79 Å². The fraction of sp³-hybridized carbons (Fsp3) is 0.467. The fourth-order valence-corrected chi connectivity index (χ4v) is 2.64. The van der Waals surface area contributed by atoms with Crippen molar-refractivity contribution in [3.05, 3.63) is 30.0 Å². The fourth-order valence-electron chi connectivity index (χ4n) is 2.64. The van der Waals surface area contributed by atoms with Crippen LogP contribution in [0.4, 0.5) is 0 Å². The molecule has 2 heterocycles. The van der Waals surface area contributed by atoms with Gasteiger partial charge < -0.3 is 10.1 Å². The van der Waals surface area contributed by atoms with E-state index in [1.165, 1.54) is 0 Å². The molecule has 1 aromatic heterocycles. The van der Waals surface area contributed by atoms with Gasteiger partial charge in [-0.1, -0.05) is 18.2 Å². The van der Waals surface area contributed by atoms with E-state index in [-0.39, 0.29) is 18.6 Å². The summed E-state index contributed by atoms with van der Waals surface area (Å²) >= 11 is 0. The molecule has 1 aliphatic heterocycles. The van der Waals surface area contributed by atoms with Crippen molar-refractivity contribution >= 4 is 16.8 Å². The molecule has 1 aliphatic rings. The molecule has 0 radical (unpaired) electrons. The second kappa shape index (κ2) is 5.63. The standard InChI is InChI=1S/C15H19N3O2/c1-11-13-6-2-3-7-14(13)18(17-11)10-15(19)16-9-12-5-4-8-20-12/h2-3,6-7,12H,4-5,8-10H2,1H3,(H,16,19). The number of rotatable bonds is 4. The van der Waals surface area contributed by atoms with Crippen LogP contribution in [0.15, 0.2) is 24.3 Å². The Morgan fingerprint density at radius 2 is 2.35 bits per heavy atom. The molecular weight excluding hydrogens is 254 g/mol. The third-order valence-electron chi connectivity index (χ3n) is 3.69. The minimum absolute atomic E-state index is 0.0197. The van der Waals surface area contributed by atoms with Gasteiger partial charge in [-0.2, -0.15) is 5.10 Å².